The summed E-state index contributed by atoms with van der Waals surface area (Å²) in [5, 5.41) is 2.06. The Morgan fingerprint density at radius 2 is 1.40 bits per heavy atom. The Bertz CT molecular complexity index is 1170. The van der Waals surface area contributed by atoms with Crippen molar-refractivity contribution in [1.82, 2.24) is 0 Å². The van der Waals surface area contributed by atoms with Gasteiger partial charge in [-0.3, -0.25) is 0 Å². The van der Waals surface area contributed by atoms with E-state index in [0.717, 1.165) is 39.1 Å². The zero-order valence-corrected chi connectivity index (χ0v) is 16.0. The molecule has 0 atom stereocenters. The van der Waals surface area contributed by atoms with Gasteiger partial charge in [0.2, 0.25) is 11.0 Å². The van der Waals surface area contributed by atoms with Crippen LogP contribution in [0.25, 0.3) is 22.3 Å². The first-order valence-corrected chi connectivity index (χ1v) is 9.03. The van der Waals surface area contributed by atoms with Gasteiger partial charge in [0.1, 0.15) is 17.1 Å². The number of hydrogen-bond donors (Lipinski definition) is 1. The largest absolute Gasteiger partial charge is 0.673 e. The second kappa shape index (κ2) is 9.30. The van der Waals surface area contributed by atoms with Crippen molar-refractivity contribution in [3.8, 4) is 17.1 Å². The monoisotopic (exact) mass is 415 g/mol. The first kappa shape index (κ1) is 21.2. The highest BCUT2D eigenvalue weighted by molar-refractivity contribution is 6.50. The van der Waals surface area contributed by atoms with Crippen LogP contribution in [0.5, 0.6) is 5.75 Å². The van der Waals surface area contributed by atoms with Crippen LogP contribution in [-0.4, -0.2) is 14.4 Å². The van der Waals surface area contributed by atoms with Gasteiger partial charge in [0, 0.05) is 17.7 Å². The van der Waals surface area contributed by atoms with Gasteiger partial charge in [-0.2, -0.15) is 0 Å². The molecule has 0 unspecified atom stereocenters. The molecule has 0 spiro atoms. The Hall–Kier alpha value is -3.55. The molecule has 4 aromatic rings. The summed E-state index contributed by atoms with van der Waals surface area (Å²) in [6.45, 7) is 0. The van der Waals surface area contributed by atoms with Crippen LogP contribution in [0.3, 0.4) is 0 Å². The van der Waals surface area contributed by atoms with Gasteiger partial charge in [-0.25, -0.2) is 4.99 Å². The molecule has 0 saturated carbocycles. The fourth-order valence-corrected chi connectivity index (χ4v) is 2.81. The summed E-state index contributed by atoms with van der Waals surface area (Å²) < 4.78 is 50.4. The lowest BCUT2D eigenvalue weighted by molar-refractivity contribution is -0.400. The van der Waals surface area contributed by atoms with E-state index in [9.17, 15) is 17.3 Å². The Labute approximate surface area is 170 Å². The standard InChI is InChI=1S/C22H17NO2.BF4/c1-24-18-13-11-16(12-14-18)22-15-20(23-17-7-3-2-4-8-17)19-9-5-6-10-21(19)25-22;2-1(3,4)5/h2-15H,1H3;/q;-1/p+1. The number of rotatable bonds is 3. The van der Waals surface area contributed by atoms with Crippen LogP contribution in [0, 0.1) is 0 Å². The maximum Gasteiger partial charge on any atom is 0.673 e. The third-order valence-corrected chi connectivity index (χ3v) is 4.10. The van der Waals surface area contributed by atoms with Crippen molar-refractivity contribution in [3.05, 3.63) is 90.3 Å². The predicted octanol–water partition coefficient (Wildman–Crippen LogP) is 4.72. The Morgan fingerprint density at radius 3 is 2.03 bits per heavy atom. The van der Waals surface area contributed by atoms with Crippen LogP contribution in [0.2, 0.25) is 0 Å². The number of benzene rings is 3. The van der Waals surface area contributed by atoms with Crippen LogP contribution in [0.15, 0.2) is 89.3 Å². The second-order valence-corrected chi connectivity index (χ2v) is 6.23. The molecule has 0 aliphatic carbocycles. The lowest BCUT2D eigenvalue weighted by atomic mass is 10.1. The van der Waals surface area contributed by atoms with Gasteiger partial charge in [-0.05, 0) is 36.4 Å². The summed E-state index contributed by atoms with van der Waals surface area (Å²) in [6, 6.07) is 28.1. The van der Waals surface area contributed by atoms with E-state index in [2.05, 4.69) is 11.1 Å². The molecule has 3 nitrogen and oxygen atoms in total. The lowest BCUT2D eigenvalue weighted by Gasteiger charge is -2.04. The van der Waals surface area contributed by atoms with Gasteiger partial charge in [0.05, 0.1) is 18.6 Å². The van der Waals surface area contributed by atoms with Gasteiger partial charge in [-0.15, -0.1) is 0 Å². The molecule has 1 heterocycles. The quantitative estimate of drug-likeness (QED) is 0.388. The molecule has 1 N–H and O–H groups in total. The first-order valence-electron chi connectivity index (χ1n) is 9.03. The molecular formula is C22H18BF4NO2. The molecule has 8 heteroatoms. The minimum atomic E-state index is -6.00. The normalized spacial score (nSPS) is 11.7. The minimum Gasteiger partial charge on any atom is -0.497 e. The summed E-state index contributed by atoms with van der Waals surface area (Å²) in [7, 11) is -4.34. The Morgan fingerprint density at radius 1 is 0.800 bits per heavy atom. The maximum absolute atomic E-state index is 9.75. The van der Waals surface area contributed by atoms with E-state index in [0.29, 0.717) is 0 Å². The molecule has 154 valence electrons. The zero-order chi connectivity index (χ0) is 21.6. The summed E-state index contributed by atoms with van der Waals surface area (Å²) in [5.41, 5.74) is 2.89. The van der Waals surface area contributed by atoms with Crippen molar-refractivity contribution < 1.29 is 31.4 Å². The number of ether oxygens (including phenoxy) is 1. The SMILES string of the molecule is COc1ccc(-c2cc(=[NH+]c3ccccc3)c3ccccc3o2)cc1.F[B-](F)(F)F. The van der Waals surface area contributed by atoms with Crippen LogP contribution < -0.4 is 15.1 Å². The van der Waals surface area contributed by atoms with Crippen LogP contribution in [0.4, 0.5) is 23.0 Å². The van der Waals surface area contributed by atoms with E-state index < -0.39 is 7.25 Å². The highest BCUT2D eigenvalue weighted by atomic mass is 19.5. The van der Waals surface area contributed by atoms with Crippen LogP contribution in [0.1, 0.15) is 0 Å². The topological polar surface area (TPSA) is 36.3 Å². The highest BCUT2D eigenvalue weighted by Gasteiger charge is 2.20. The molecule has 0 aliphatic heterocycles. The van der Waals surface area contributed by atoms with Crippen molar-refractivity contribution in [1.29, 1.82) is 0 Å². The second-order valence-electron chi connectivity index (χ2n) is 6.23. The Balaban J connectivity index is 0.000000461. The third kappa shape index (κ3) is 5.97. The predicted molar refractivity (Wildman–Crippen MR) is 109 cm³/mol. The minimum absolute atomic E-state index is 0.805. The average Bonchev–Trinajstić information content (AvgIpc) is 2.73. The van der Waals surface area contributed by atoms with E-state index in [4.69, 9.17) is 9.15 Å². The van der Waals surface area contributed by atoms with Gasteiger partial charge in [-0.1, -0.05) is 30.3 Å². The van der Waals surface area contributed by atoms with E-state index in [1.165, 1.54) is 0 Å². The smallest absolute Gasteiger partial charge is 0.497 e. The van der Waals surface area contributed by atoms with Crippen molar-refractivity contribution >= 4 is 23.9 Å². The first-order chi connectivity index (χ1) is 14.3. The molecule has 1 aromatic heterocycles. The molecule has 30 heavy (non-hydrogen) atoms. The summed E-state index contributed by atoms with van der Waals surface area (Å²) in [4.78, 5) is 3.49. The Kier molecular flexibility index (Phi) is 6.56. The van der Waals surface area contributed by atoms with E-state index in [-0.39, 0.29) is 0 Å². The van der Waals surface area contributed by atoms with Gasteiger partial charge < -0.3 is 26.4 Å². The van der Waals surface area contributed by atoms with Gasteiger partial charge >= 0.3 is 7.25 Å². The van der Waals surface area contributed by atoms with E-state index in [1.807, 2.05) is 78.9 Å². The molecule has 0 saturated heterocycles. The van der Waals surface area contributed by atoms with E-state index in [1.54, 1.807) is 7.11 Å². The van der Waals surface area contributed by atoms with Gasteiger partial charge in [0.15, 0.2) is 0 Å². The summed E-state index contributed by atoms with van der Waals surface area (Å²) in [5.74, 6) is 1.63. The van der Waals surface area contributed by atoms with Crippen molar-refractivity contribution in [3.63, 3.8) is 0 Å². The molecular weight excluding hydrogens is 397 g/mol. The lowest BCUT2D eigenvalue weighted by Crippen LogP contribution is -2.70. The van der Waals surface area contributed by atoms with Crippen molar-refractivity contribution in [2.75, 3.05) is 7.11 Å². The van der Waals surface area contributed by atoms with Gasteiger partial charge in [0.25, 0.3) is 0 Å². The molecule has 4 rings (SSSR count). The number of halogens is 4. The maximum atomic E-state index is 9.75. The van der Waals surface area contributed by atoms with Crippen molar-refractivity contribution in [2.45, 2.75) is 0 Å². The number of methoxy groups -OCH3 is 1. The highest BCUT2D eigenvalue weighted by Crippen LogP contribution is 2.23. The van der Waals surface area contributed by atoms with Crippen molar-refractivity contribution in [2.24, 2.45) is 0 Å². The molecule has 0 amide bonds. The average molecular weight is 415 g/mol. The molecule has 0 radical (unpaired) electrons. The summed E-state index contributed by atoms with van der Waals surface area (Å²) >= 11 is 0. The fraction of sp³-hybridized carbons (Fsp3) is 0.0455. The van der Waals surface area contributed by atoms with E-state index >= 15 is 0 Å². The number of nitrogens with one attached hydrogen (secondary N) is 1. The fourth-order valence-electron chi connectivity index (χ4n) is 2.81. The number of fused-ring (bicyclic) bond motifs is 1. The number of para-hydroxylation sites is 2. The molecule has 0 bridgehead atoms. The molecule has 0 aliphatic rings. The van der Waals surface area contributed by atoms with Crippen LogP contribution in [-0.2, 0) is 0 Å². The zero-order valence-electron chi connectivity index (χ0n) is 16.0. The third-order valence-electron chi connectivity index (χ3n) is 4.10. The summed E-state index contributed by atoms with van der Waals surface area (Å²) in [6.07, 6.45) is 0. The molecule has 0 fully saturated rings. The van der Waals surface area contributed by atoms with Crippen LogP contribution >= 0.6 is 0 Å². The number of hydrogen-bond acceptors (Lipinski definition) is 2. The molecule has 3 aromatic carbocycles.